The number of hydrogen-bond acceptors (Lipinski definition) is 3. The molecule has 0 fully saturated rings. The molecule has 0 amide bonds. The summed E-state index contributed by atoms with van der Waals surface area (Å²) in [7, 11) is 0.699. The number of rotatable bonds is 7. The van der Waals surface area contributed by atoms with E-state index in [0.717, 1.165) is 0 Å². The minimum atomic E-state index is -2.66. The monoisotopic (exact) mass is 304 g/mol. The van der Waals surface area contributed by atoms with Crippen molar-refractivity contribution in [2.24, 2.45) is 5.92 Å². The van der Waals surface area contributed by atoms with Crippen molar-refractivity contribution in [1.82, 2.24) is 0 Å². The molecular formula is C17H24O3Si. The third-order valence-electron chi connectivity index (χ3n) is 3.55. The summed E-state index contributed by atoms with van der Waals surface area (Å²) in [6.07, 6.45) is 0. The van der Waals surface area contributed by atoms with Gasteiger partial charge in [-0.2, -0.15) is 0 Å². The first kappa shape index (κ1) is 16.2. The third kappa shape index (κ3) is 3.92. The Hall–Kier alpha value is -1.20. The number of hydrogen-bond donors (Lipinski definition) is 0. The van der Waals surface area contributed by atoms with Crippen LogP contribution in [0.1, 0.15) is 19.4 Å². The van der Waals surface area contributed by atoms with Crippen LogP contribution in [0.25, 0.3) is 10.8 Å². The van der Waals surface area contributed by atoms with Gasteiger partial charge >= 0.3 is 8.80 Å². The molecule has 0 saturated carbocycles. The highest BCUT2D eigenvalue weighted by Gasteiger charge is 2.39. The average Bonchev–Trinajstić information content (AvgIpc) is 2.51. The van der Waals surface area contributed by atoms with E-state index in [4.69, 9.17) is 13.3 Å². The predicted molar refractivity (Wildman–Crippen MR) is 88.2 cm³/mol. The zero-order valence-electron chi connectivity index (χ0n) is 13.3. The topological polar surface area (TPSA) is 27.7 Å². The van der Waals surface area contributed by atoms with Crippen LogP contribution in [-0.4, -0.2) is 29.6 Å². The molecular weight excluding hydrogens is 280 g/mol. The van der Waals surface area contributed by atoms with Crippen LogP contribution >= 0.6 is 0 Å². The van der Waals surface area contributed by atoms with E-state index >= 15 is 0 Å². The molecule has 2 aromatic carbocycles. The minimum absolute atomic E-state index is 0.453. The molecule has 0 spiro atoms. The Morgan fingerprint density at radius 3 is 2.29 bits per heavy atom. The molecule has 0 aliphatic carbocycles. The molecule has 0 aliphatic rings. The van der Waals surface area contributed by atoms with Gasteiger partial charge in [0.1, 0.15) is 0 Å². The van der Waals surface area contributed by atoms with E-state index in [1.165, 1.54) is 16.3 Å². The van der Waals surface area contributed by atoms with Gasteiger partial charge in [-0.25, -0.2) is 0 Å². The quantitative estimate of drug-likeness (QED) is 0.728. The lowest BCUT2D eigenvalue weighted by molar-refractivity contribution is 0.0860. The Bertz CT molecular complexity index is 574. The highest BCUT2D eigenvalue weighted by Crippen LogP contribution is 2.24. The summed E-state index contributed by atoms with van der Waals surface area (Å²) in [5.41, 5.74) is 1.22. The minimum Gasteiger partial charge on any atom is -0.377 e. The Balaban J connectivity index is 2.30. The van der Waals surface area contributed by atoms with Gasteiger partial charge in [0.2, 0.25) is 0 Å². The van der Waals surface area contributed by atoms with Crippen molar-refractivity contribution >= 4 is 19.6 Å². The molecule has 0 N–H and O–H groups in total. The summed E-state index contributed by atoms with van der Waals surface area (Å²) in [5.74, 6) is 0.453. The van der Waals surface area contributed by atoms with E-state index in [0.29, 0.717) is 18.6 Å². The first-order valence-corrected chi connectivity index (χ1v) is 9.24. The van der Waals surface area contributed by atoms with Gasteiger partial charge in [-0.1, -0.05) is 56.3 Å². The highest BCUT2D eigenvalue weighted by atomic mass is 28.4. The zero-order valence-corrected chi connectivity index (χ0v) is 14.3. The molecule has 0 aliphatic heterocycles. The molecule has 21 heavy (non-hydrogen) atoms. The van der Waals surface area contributed by atoms with E-state index in [1.807, 2.05) is 0 Å². The van der Waals surface area contributed by atoms with Crippen molar-refractivity contribution < 1.29 is 13.3 Å². The van der Waals surface area contributed by atoms with Gasteiger partial charge in [-0.3, -0.25) is 0 Å². The van der Waals surface area contributed by atoms with Crippen molar-refractivity contribution in [3.8, 4) is 0 Å². The average molecular weight is 304 g/mol. The molecule has 0 radical (unpaired) electrons. The largest absolute Gasteiger partial charge is 0.505 e. The maximum absolute atomic E-state index is 6.04. The molecule has 4 heteroatoms. The Morgan fingerprint density at radius 2 is 1.62 bits per heavy atom. The fourth-order valence-electron chi connectivity index (χ4n) is 2.37. The normalized spacial score (nSPS) is 12.2. The van der Waals surface area contributed by atoms with Crippen LogP contribution in [0.5, 0.6) is 0 Å². The first-order valence-electron chi connectivity index (χ1n) is 7.31. The Kier molecular flexibility index (Phi) is 5.53. The van der Waals surface area contributed by atoms with Crippen LogP contribution in [0.4, 0.5) is 0 Å². The molecule has 114 valence electrons. The van der Waals surface area contributed by atoms with Gasteiger partial charge in [0, 0.05) is 26.9 Å². The maximum Gasteiger partial charge on any atom is 0.505 e. The summed E-state index contributed by atoms with van der Waals surface area (Å²) in [5, 5.41) is 2.47. The van der Waals surface area contributed by atoms with Gasteiger partial charge < -0.3 is 13.3 Å². The van der Waals surface area contributed by atoms with Crippen molar-refractivity contribution in [3.63, 3.8) is 0 Å². The zero-order chi connectivity index (χ0) is 15.3. The first-order chi connectivity index (χ1) is 10.1. The van der Waals surface area contributed by atoms with E-state index in [-0.39, 0.29) is 0 Å². The summed E-state index contributed by atoms with van der Waals surface area (Å²) in [6.45, 7) is 4.91. The maximum atomic E-state index is 6.04. The second-order valence-corrected chi connectivity index (χ2v) is 8.44. The van der Waals surface area contributed by atoms with E-state index in [9.17, 15) is 0 Å². The van der Waals surface area contributed by atoms with Crippen LogP contribution in [0.2, 0.25) is 0 Å². The fraction of sp³-hybridized carbons (Fsp3) is 0.412. The van der Waals surface area contributed by atoms with E-state index in [2.05, 4.69) is 56.3 Å². The standard InChI is InChI=1S/C17H24O3Si/c1-14(2)12-20-21(18-3,19-4)13-16-10-7-9-15-8-5-6-11-17(15)16/h5-11,14H,12-13H2,1-4H3. The van der Waals surface area contributed by atoms with Crippen LogP contribution in [0.15, 0.2) is 42.5 Å². The summed E-state index contributed by atoms with van der Waals surface area (Å²) in [4.78, 5) is 0. The van der Waals surface area contributed by atoms with Gasteiger partial charge in [0.25, 0.3) is 0 Å². The molecule has 0 aromatic heterocycles. The lowest BCUT2D eigenvalue weighted by atomic mass is 10.1. The van der Waals surface area contributed by atoms with E-state index in [1.54, 1.807) is 14.2 Å². The van der Waals surface area contributed by atoms with Crippen LogP contribution in [0, 0.1) is 5.92 Å². The number of benzene rings is 2. The van der Waals surface area contributed by atoms with Crippen molar-refractivity contribution in [2.75, 3.05) is 20.8 Å². The molecule has 0 bridgehead atoms. The van der Waals surface area contributed by atoms with E-state index < -0.39 is 8.80 Å². The van der Waals surface area contributed by atoms with Crippen molar-refractivity contribution in [1.29, 1.82) is 0 Å². The molecule has 0 heterocycles. The summed E-state index contributed by atoms with van der Waals surface area (Å²) >= 11 is 0. The SMILES string of the molecule is CO[Si](Cc1cccc2ccccc12)(OC)OCC(C)C. The van der Waals surface area contributed by atoms with Gasteiger partial charge in [0.15, 0.2) is 0 Å². The third-order valence-corrected chi connectivity index (χ3v) is 6.21. The second kappa shape index (κ2) is 7.18. The second-order valence-electron chi connectivity index (χ2n) is 5.61. The van der Waals surface area contributed by atoms with Crippen molar-refractivity contribution in [2.45, 2.75) is 19.9 Å². The lowest BCUT2D eigenvalue weighted by Crippen LogP contribution is -2.47. The molecule has 0 saturated heterocycles. The van der Waals surface area contributed by atoms with Gasteiger partial charge in [-0.15, -0.1) is 0 Å². The lowest BCUT2D eigenvalue weighted by Gasteiger charge is -2.27. The van der Waals surface area contributed by atoms with Crippen LogP contribution in [-0.2, 0) is 19.3 Å². The van der Waals surface area contributed by atoms with Crippen LogP contribution < -0.4 is 0 Å². The summed E-state index contributed by atoms with van der Waals surface area (Å²) in [6, 6.07) is 15.4. The molecule has 0 unspecified atom stereocenters. The van der Waals surface area contributed by atoms with Crippen molar-refractivity contribution in [3.05, 3.63) is 48.0 Å². The molecule has 2 aromatic rings. The Morgan fingerprint density at radius 1 is 0.952 bits per heavy atom. The summed E-state index contributed by atoms with van der Waals surface area (Å²) < 4.78 is 17.4. The smallest absolute Gasteiger partial charge is 0.377 e. The molecule has 2 rings (SSSR count). The van der Waals surface area contributed by atoms with Gasteiger partial charge in [0.05, 0.1) is 0 Å². The predicted octanol–water partition coefficient (Wildman–Crippen LogP) is 3.83. The molecule has 3 nitrogen and oxygen atoms in total. The molecule has 0 atom stereocenters. The Labute approximate surface area is 128 Å². The van der Waals surface area contributed by atoms with Crippen LogP contribution in [0.3, 0.4) is 0 Å². The fourth-order valence-corrected chi connectivity index (χ4v) is 4.53. The number of fused-ring (bicyclic) bond motifs is 1. The van der Waals surface area contributed by atoms with Gasteiger partial charge in [-0.05, 0) is 22.3 Å². The highest BCUT2D eigenvalue weighted by molar-refractivity contribution is 6.60.